The second kappa shape index (κ2) is 6.87. The molecule has 3 nitrogen and oxygen atoms in total. The standard InChI is InChI=1S/C11H16INO2/c1-9-10(5-8-15-9)11(14)13-7-4-2-3-6-12/h5,8H,2-4,6-7H2,1H3,(H,13,14). The monoisotopic (exact) mass is 321 g/mol. The number of hydrogen-bond donors (Lipinski definition) is 1. The molecule has 1 rings (SSSR count). The minimum Gasteiger partial charge on any atom is -0.469 e. The minimum atomic E-state index is -0.0317. The topological polar surface area (TPSA) is 42.2 Å². The van der Waals surface area contributed by atoms with Gasteiger partial charge in [-0.05, 0) is 30.3 Å². The van der Waals surface area contributed by atoms with E-state index < -0.39 is 0 Å². The van der Waals surface area contributed by atoms with E-state index in [4.69, 9.17) is 4.42 Å². The van der Waals surface area contributed by atoms with E-state index in [0.29, 0.717) is 11.3 Å². The van der Waals surface area contributed by atoms with Crippen LogP contribution in [0.4, 0.5) is 0 Å². The van der Waals surface area contributed by atoms with Gasteiger partial charge in [0.2, 0.25) is 0 Å². The Morgan fingerprint density at radius 2 is 2.27 bits per heavy atom. The number of unbranched alkanes of at least 4 members (excludes halogenated alkanes) is 2. The molecule has 0 aliphatic rings. The normalized spacial score (nSPS) is 10.3. The van der Waals surface area contributed by atoms with Crippen molar-refractivity contribution >= 4 is 28.5 Å². The van der Waals surface area contributed by atoms with Crippen molar-refractivity contribution in [2.24, 2.45) is 0 Å². The van der Waals surface area contributed by atoms with Crippen molar-refractivity contribution in [3.8, 4) is 0 Å². The molecule has 1 heterocycles. The van der Waals surface area contributed by atoms with Gasteiger partial charge >= 0.3 is 0 Å². The second-order valence-electron chi connectivity index (χ2n) is 3.40. The van der Waals surface area contributed by atoms with Gasteiger partial charge in [-0.1, -0.05) is 29.0 Å². The SMILES string of the molecule is Cc1occc1C(=O)NCCCCCI. The van der Waals surface area contributed by atoms with Crippen LogP contribution in [-0.4, -0.2) is 16.9 Å². The highest BCUT2D eigenvalue weighted by molar-refractivity contribution is 14.1. The summed E-state index contributed by atoms with van der Waals surface area (Å²) in [5, 5.41) is 2.88. The predicted molar refractivity (Wildman–Crippen MR) is 68.5 cm³/mol. The van der Waals surface area contributed by atoms with Crippen LogP contribution in [0.3, 0.4) is 0 Å². The Morgan fingerprint density at radius 3 is 2.87 bits per heavy atom. The fraction of sp³-hybridized carbons (Fsp3) is 0.545. The predicted octanol–water partition coefficient (Wildman–Crippen LogP) is 2.92. The Morgan fingerprint density at radius 1 is 1.47 bits per heavy atom. The Kier molecular flexibility index (Phi) is 5.75. The third kappa shape index (κ3) is 4.24. The first-order valence-electron chi connectivity index (χ1n) is 5.14. The number of alkyl halides is 1. The van der Waals surface area contributed by atoms with Crippen LogP contribution in [0.5, 0.6) is 0 Å². The maximum absolute atomic E-state index is 11.6. The Hall–Kier alpha value is -0.520. The van der Waals surface area contributed by atoms with Crippen LogP contribution < -0.4 is 5.32 Å². The summed E-state index contributed by atoms with van der Waals surface area (Å²) in [5.41, 5.74) is 0.642. The quantitative estimate of drug-likeness (QED) is 0.497. The molecule has 84 valence electrons. The molecule has 0 saturated carbocycles. The summed E-state index contributed by atoms with van der Waals surface area (Å²) in [7, 11) is 0. The first-order chi connectivity index (χ1) is 7.25. The zero-order chi connectivity index (χ0) is 11.1. The van der Waals surface area contributed by atoms with Crippen molar-refractivity contribution in [2.75, 3.05) is 11.0 Å². The number of halogens is 1. The van der Waals surface area contributed by atoms with Gasteiger partial charge in [-0.2, -0.15) is 0 Å². The smallest absolute Gasteiger partial charge is 0.254 e. The average molecular weight is 321 g/mol. The molecular weight excluding hydrogens is 305 g/mol. The van der Waals surface area contributed by atoms with Crippen molar-refractivity contribution < 1.29 is 9.21 Å². The largest absolute Gasteiger partial charge is 0.469 e. The summed E-state index contributed by atoms with van der Waals surface area (Å²) < 4.78 is 6.26. The van der Waals surface area contributed by atoms with Crippen LogP contribution in [0, 0.1) is 6.92 Å². The van der Waals surface area contributed by atoms with Gasteiger partial charge in [-0.15, -0.1) is 0 Å². The van der Waals surface area contributed by atoms with Crippen LogP contribution in [0.2, 0.25) is 0 Å². The first kappa shape index (κ1) is 12.5. The summed E-state index contributed by atoms with van der Waals surface area (Å²) in [6.07, 6.45) is 4.99. The molecule has 1 aromatic rings. The van der Waals surface area contributed by atoms with Crippen molar-refractivity contribution in [1.29, 1.82) is 0 Å². The molecular formula is C11H16INO2. The third-order valence-corrected chi connectivity index (χ3v) is 2.96. The molecule has 0 fully saturated rings. The maximum Gasteiger partial charge on any atom is 0.254 e. The van der Waals surface area contributed by atoms with E-state index in [-0.39, 0.29) is 5.91 Å². The molecule has 0 aliphatic carbocycles. The number of carbonyl (C=O) groups is 1. The molecule has 0 bridgehead atoms. The molecule has 0 saturated heterocycles. The van der Waals surface area contributed by atoms with Crippen LogP contribution in [0.1, 0.15) is 35.4 Å². The summed E-state index contributed by atoms with van der Waals surface area (Å²) in [6.45, 7) is 2.55. The van der Waals surface area contributed by atoms with Crippen molar-refractivity contribution in [3.05, 3.63) is 23.7 Å². The molecule has 4 heteroatoms. The number of furan rings is 1. The highest BCUT2D eigenvalue weighted by Gasteiger charge is 2.09. The number of amides is 1. The zero-order valence-corrected chi connectivity index (χ0v) is 11.0. The lowest BCUT2D eigenvalue weighted by atomic mass is 10.2. The van der Waals surface area contributed by atoms with Gasteiger partial charge < -0.3 is 9.73 Å². The average Bonchev–Trinajstić information content (AvgIpc) is 2.64. The molecule has 1 aromatic heterocycles. The number of hydrogen-bond acceptors (Lipinski definition) is 2. The molecule has 0 atom stereocenters. The second-order valence-corrected chi connectivity index (χ2v) is 4.47. The van der Waals surface area contributed by atoms with Crippen LogP contribution in [0.15, 0.2) is 16.7 Å². The van der Waals surface area contributed by atoms with Crippen molar-refractivity contribution in [3.63, 3.8) is 0 Å². The molecule has 0 radical (unpaired) electrons. The molecule has 0 unspecified atom stereocenters. The number of aryl methyl sites for hydroxylation is 1. The van der Waals surface area contributed by atoms with Gasteiger partial charge in [-0.3, -0.25) is 4.79 Å². The van der Waals surface area contributed by atoms with Gasteiger partial charge in [0.25, 0.3) is 5.91 Å². The van der Waals surface area contributed by atoms with Gasteiger partial charge in [-0.25, -0.2) is 0 Å². The molecule has 15 heavy (non-hydrogen) atoms. The fourth-order valence-corrected chi connectivity index (χ4v) is 1.85. The number of rotatable bonds is 6. The van der Waals surface area contributed by atoms with E-state index in [0.717, 1.165) is 13.0 Å². The number of carbonyl (C=O) groups excluding carboxylic acids is 1. The first-order valence-corrected chi connectivity index (χ1v) is 6.66. The maximum atomic E-state index is 11.6. The van der Waals surface area contributed by atoms with Crippen LogP contribution >= 0.6 is 22.6 Å². The van der Waals surface area contributed by atoms with Gasteiger partial charge in [0, 0.05) is 6.54 Å². The molecule has 0 aliphatic heterocycles. The minimum absolute atomic E-state index is 0.0317. The Bertz CT molecular complexity index is 309. The van der Waals surface area contributed by atoms with E-state index >= 15 is 0 Å². The fourth-order valence-electron chi connectivity index (χ4n) is 1.31. The molecule has 1 N–H and O–H groups in total. The zero-order valence-electron chi connectivity index (χ0n) is 8.88. The van der Waals surface area contributed by atoms with E-state index in [1.54, 1.807) is 19.3 Å². The van der Waals surface area contributed by atoms with E-state index in [9.17, 15) is 4.79 Å². The van der Waals surface area contributed by atoms with E-state index in [1.807, 2.05) is 0 Å². The van der Waals surface area contributed by atoms with Crippen LogP contribution in [0.25, 0.3) is 0 Å². The van der Waals surface area contributed by atoms with Crippen molar-refractivity contribution in [2.45, 2.75) is 26.2 Å². The Labute approximate surface area is 104 Å². The summed E-state index contributed by atoms with van der Waals surface area (Å²) >= 11 is 2.37. The van der Waals surface area contributed by atoms with Crippen molar-refractivity contribution in [1.82, 2.24) is 5.32 Å². The lowest BCUT2D eigenvalue weighted by Gasteiger charge is -2.03. The van der Waals surface area contributed by atoms with E-state index in [1.165, 1.54) is 17.3 Å². The van der Waals surface area contributed by atoms with Crippen LogP contribution in [-0.2, 0) is 0 Å². The summed E-state index contributed by atoms with van der Waals surface area (Å²) in [5.74, 6) is 0.649. The Balaban J connectivity index is 2.22. The summed E-state index contributed by atoms with van der Waals surface area (Å²) in [6, 6.07) is 1.70. The lowest BCUT2D eigenvalue weighted by Crippen LogP contribution is -2.24. The van der Waals surface area contributed by atoms with Gasteiger partial charge in [0.05, 0.1) is 11.8 Å². The highest BCUT2D eigenvalue weighted by atomic mass is 127. The molecule has 1 amide bonds. The van der Waals surface area contributed by atoms with Gasteiger partial charge in [0.1, 0.15) is 5.76 Å². The van der Waals surface area contributed by atoms with E-state index in [2.05, 4.69) is 27.9 Å². The summed E-state index contributed by atoms with van der Waals surface area (Å²) in [4.78, 5) is 11.6. The highest BCUT2D eigenvalue weighted by Crippen LogP contribution is 2.08. The lowest BCUT2D eigenvalue weighted by molar-refractivity contribution is 0.0951. The van der Waals surface area contributed by atoms with Gasteiger partial charge in [0.15, 0.2) is 0 Å². The number of nitrogens with one attached hydrogen (secondary N) is 1. The third-order valence-electron chi connectivity index (χ3n) is 2.20. The molecule has 0 spiro atoms. The molecule has 0 aromatic carbocycles.